The van der Waals surface area contributed by atoms with Crippen molar-refractivity contribution < 1.29 is 19.3 Å². The topological polar surface area (TPSA) is 47.9 Å². The lowest BCUT2D eigenvalue weighted by molar-refractivity contribution is 0.139. The standard InChI is InChI=1S/C12H14O4/c13-11-7-15-12-5-8(1-2-10(11)12)16-9-3-4-14-6-9/h1-2,5,9,11,13H,3-4,6-7H2. The fourth-order valence-electron chi connectivity index (χ4n) is 2.05. The minimum atomic E-state index is -0.501. The molecule has 0 aromatic heterocycles. The van der Waals surface area contributed by atoms with E-state index >= 15 is 0 Å². The third-order valence-electron chi connectivity index (χ3n) is 2.93. The maximum absolute atomic E-state index is 9.57. The van der Waals surface area contributed by atoms with E-state index in [1.165, 1.54) is 0 Å². The highest BCUT2D eigenvalue weighted by Gasteiger charge is 2.23. The van der Waals surface area contributed by atoms with Gasteiger partial charge in [-0.05, 0) is 12.1 Å². The van der Waals surface area contributed by atoms with E-state index in [1.807, 2.05) is 18.2 Å². The fraction of sp³-hybridized carbons (Fsp3) is 0.500. The molecule has 4 heteroatoms. The van der Waals surface area contributed by atoms with Gasteiger partial charge in [0.05, 0.1) is 13.2 Å². The zero-order valence-electron chi connectivity index (χ0n) is 8.89. The Balaban J connectivity index is 1.76. The molecule has 1 aromatic rings. The summed E-state index contributed by atoms with van der Waals surface area (Å²) in [4.78, 5) is 0. The van der Waals surface area contributed by atoms with Crippen molar-refractivity contribution in [1.82, 2.24) is 0 Å². The summed E-state index contributed by atoms with van der Waals surface area (Å²) in [5, 5.41) is 9.57. The zero-order chi connectivity index (χ0) is 11.0. The number of fused-ring (bicyclic) bond motifs is 1. The smallest absolute Gasteiger partial charge is 0.129 e. The molecule has 1 saturated heterocycles. The van der Waals surface area contributed by atoms with Crippen molar-refractivity contribution in [2.24, 2.45) is 0 Å². The van der Waals surface area contributed by atoms with Crippen molar-refractivity contribution in [3.8, 4) is 11.5 Å². The Morgan fingerprint density at radius 1 is 1.31 bits per heavy atom. The first kappa shape index (κ1) is 9.93. The number of benzene rings is 1. The molecule has 1 N–H and O–H groups in total. The number of ether oxygens (including phenoxy) is 3. The monoisotopic (exact) mass is 222 g/mol. The summed E-state index contributed by atoms with van der Waals surface area (Å²) >= 11 is 0. The van der Waals surface area contributed by atoms with Crippen molar-refractivity contribution in [2.45, 2.75) is 18.6 Å². The Labute approximate surface area is 93.7 Å². The molecular weight excluding hydrogens is 208 g/mol. The molecule has 2 aliphatic rings. The largest absolute Gasteiger partial charge is 0.490 e. The average Bonchev–Trinajstić information content (AvgIpc) is 2.90. The van der Waals surface area contributed by atoms with E-state index in [0.717, 1.165) is 30.1 Å². The molecule has 1 aromatic carbocycles. The minimum absolute atomic E-state index is 0.143. The third-order valence-corrected chi connectivity index (χ3v) is 2.93. The molecule has 2 atom stereocenters. The van der Waals surface area contributed by atoms with E-state index in [9.17, 15) is 5.11 Å². The van der Waals surface area contributed by atoms with Crippen LogP contribution >= 0.6 is 0 Å². The Hall–Kier alpha value is -1.26. The molecule has 86 valence electrons. The molecule has 2 unspecified atom stereocenters. The lowest BCUT2D eigenvalue weighted by atomic mass is 10.1. The first-order chi connectivity index (χ1) is 7.83. The average molecular weight is 222 g/mol. The van der Waals surface area contributed by atoms with Gasteiger partial charge in [-0.25, -0.2) is 0 Å². The van der Waals surface area contributed by atoms with Gasteiger partial charge in [0.15, 0.2) is 0 Å². The van der Waals surface area contributed by atoms with Crippen LogP contribution in [0.15, 0.2) is 18.2 Å². The number of hydrogen-bond acceptors (Lipinski definition) is 4. The van der Waals surface area contributed by atoms with Crippen molar-refractivity contribution >= 4 is 0 Å². The molecule has 4 nitrogen and oxygen atoms in total. The molecule has 0 spiro atoms. The Morgan fingerprint density at radius 3 is 3.06 bits per heavy atom. The molecule has 0 bridgehead atoms. The van der Waals surface area contributed by atoms with Crippen molar-refractivity contribution in [3.05, 3.63) is 23.8 Å². The van der Waals surface area contributed by atoms with E-state index in [2.05, 4.69) is 0 Å². The molecule has 1 fully saturated rings. The van der Waals surface area contributed by atoms with Crippen molar-refractivity contribution in [1.29, 1.82) is 0 Å². The van der Waals surface area contributed by atoms with Crippen LogP contribution in [-0.4, -0.2) is 31.0 Å². The molecule has 16 heavy (non-hydrogen) atoms. The Kier molecular flexibility index (Phi) is 2.46. The second-order valence-corrected chi connectivity index (χ2v) is 4.13. The summed E-state index contributed by atoms with van der Waals surface area (Å²) in [6, 6.07) is 5.57. The van der Waals surface area contributed by atoms with Gasteiger partial charge < -0.3 is 19.3 Å². The summed E-state index contributed by atoms with van der Waals surface area (Å²) in [7, 11) is 0. The molecule has 0 aliphatic carbocycles. The van der Waals surface area contributed by atoms with Gasteiger partial charge in [0, 0.05) is 18.1 Å². The predicted molar refractivity (Wildman–Crippen MR) is 56.7 cm³/mol. The summed E-state index contributed by atoms with van der Waals surface area (Å²) < 4.78 is 16.3. The predicted octanol–water partition coefficient (Wildman–Crippen LogP) is 1.28. The summed E-state index contributed by atoms with van der Waals surface area (Å²) in [5.74, 6) is 1.51. The molecule has 2 heterocycles. The van der Waals surface area contributed by atoms with Crippen LogP contribution in [0.4, 0.5) is 0 Å². The van der Waals surface area contributed by atoms with Gasteiger partial charge in [-0.1, -0.05) is 0 Å². The van der Waals surface area contributed by atoms with Gasteiger partial charge in [-0.3, -0.25) is 0 Å². The van der Waals surface area contributed by atoms with Gasteiger partial charge in [0.2, 0.25) is 0 Å². The fourth-order valence-corrected chi connectivity index (χ4v) is 2.05. The van der Waals surface area contributed by atoms with Crippen LogP contribution < -0.4 is 9.47 Å². The number of hydrogen-bond donors (Lipinski definition) is 1. The second-order valence-electron chi connectivity index (χ2n) is 4.13. The summed E-state index contributed by atoms with van der Waals surface area (Å²) in [5.41, 5.74) is 0.843. The molecule has 0 saturated carbocycles. The quantitative estimate of drug-likeness (QED) is 0.818. The first-order valence-corrected chi connectivity index (χ1v) is 5.52. The SMILES string of the molecule is OC1COc2cc(OC3CCOC3)ccc21. The van der Waals surface area contributed by atoms with Crippen LogP contribution in [0.3, 0.4) is 0 Å². The van der Waals surface area contributed by atoms with Gasteiger partial charge in [0.1, 0.15) is 30.3 Å². The van der Waals surface area contributed by atoms with Crippen molar-refractivity contribution in [2.75, 3.05) is 19.8 Å². The third kappa shape index (κ3) is 1.74. The van der Waals surface area contributed by atoms with E-state index in [0.29, 0.717) is 13.2 Å². The maximum Gasteiger partial charge on any atom is 0.129 e. The van der Waals surface area contributed by atoms with Crippen molar-refractivity contribution in [3.63, 3.8) is 0 Å². The van der Waals surface area contributed by atoms with E-state index in [-0.39, 0.29) is 6.10 Å². The second kappa shape index (κ2) is 3.96. The lowest BCUT2D eigenvalue weighted by Crippen LogP contribution is -2.15. The van der Waals surface area contributed by atoms with Gasteiger partial charge >= 0.3 is 0 Å². The van der Waals surface area contributed by atoms with Crippen LogP contribution in [0.1, 0.15) is 18.1 Å². The minimum Gasteiger partial charge on any atom is -0.490 e. The van der Waals surface area contributed by atoms with Gasteiger partial charge in [0.25, 0.3) is 0 Å². The summed E-state index contributed by atoms with van der Waals surface area (Å²) in [6.45, 7) is 1.76. The molecule has 0 amide bonds. The number of rotatable bonds is 2. The van der Waals surface area contributed by atoms with E-state index in [4.69, 9.17) is 14.2 Å². The first-order valence-electron chi connectivity index (χ1n) is 5.52. The Bertz CT molecular complexity index is 385. The summed E-state index contributed by atoms with van der Waals surface area (Å²) in [6.07, 6.45) is 0.573. The molecule has 3 rings (SSSR count). The highest BCUT2D eigenvalue weighted by Crippen LogP contribution is 2.35. The van der Waals surface area contributed by atoms with E-state index in [1.54, 1.807) is 0 Å². The molecule has 2 aliphatic heterocycles. The van der Waals surface area contributed by atoms with Crippen LogP contribution in [0.5, 0.6) is 11.5 Å². The highest BCUT2D eigenvalue weighted by atomic mass is 16.5. The van der Waals surface area contributed by atoms with Crippen LogP contribution in [0, 0.1) is 0 Å². The highest BCUT2D eigenvalue weighted by molar-refractivity contribution is 5.44. The van der Waals surface area contributed by atoms with Gasteiger partial charge in [-0.2, -0.15) is 0 Å². The van der Waals surface area contributed by atoms with Crippen LogP contribution in [-0.2, 0) is 4.74 Å². The normalized spacial score (nSPS) is 27.6. The number of aliphatic hydroxyl groups is 1. The number of aliphatic hydroxyl groups excluding tert-OH is 1. The molecule has 0 radical (unpaired) electrons. The lowest BCUT2D eigenvalue weighted by Gasteiger charge is -2.12. The van der Waals surface area contributed by atoms with E-state index < -0.39 is 6.10 Å². The van der Waals surface area contributed by atoms with Crippen LogP contribution in [0.2, 0.25) is 0 Å². The maximum atomic E-state index is 9.57. The zero-order valence-corrected chi connectivity index (χ0v) is 8.89. The molecular formula is C12H14O4. The van der Waals surface area contributed by atoms with Crippen LogP contribution in [0.25, 0.3) is 0 Å². The van der Waals surface area contributed by atoms with Gasteiger partial charge in [-0.15, -0.1) is 0 Å². The Morgan fingerprint density at radius 2 is 2.25 bits per heavy atom.